The number of rotatable bonds is 10. The van der Waals surface area contributed by atoms with Crippen molar-refractivity contribution >= 4 is 5.97 Å². The first-order valence-electron chi connectivity index (χ1n) is 20.2. The maximum Gasteiger partial charge on any atom is 0.334 e. The highest BCUT2D eigenvalue weighted by Gasteiger charge is 2.50. The molecule has 1 fully saturated rings. The van der Waals surface area contributed by atoms with Crippen LogP contribution in [-0.4, -0.2) is 144 Å². The van der Waals surface area contributed by atoms with Gasteiger partial charge in [-0.1, -0.05) is 67.0 Å². The minimum atomic E-state index is -2.29. The van der Waals surface area contributed by atoms with Crippen molar-refractivity contribution in [1.82, 2.24) is 0 Å². The molecule has 0 aromatic rings. The van der Waals surface area contributed by atoms with E-state index in [2.05, 4.69) is 0 Å². The van der Waals surface area contributed by atoms with E-state index in [9.17, 15) is 35.4 Å². The molecule has 0 aromatic carbocycles. The zero-order chi connectivity index (χ0) is 43.5. The van der Waals surface area contributed by atoms with Gasteiger partial charge in [0.25, 0.3) is 0 Å². The van der Waals surface area contributed by atoms with E-state index >= 15 is 0 Å². The maximum absolute atomic E-state index is 13.7. The number of aliphatic hydroxyl groups excluding tert-OH is 5. The van der Waals surface area contributed by atoms with Crippen LogP contribution in [0.2, 0.25) is 0 Å². The fraction of sp³-hybridized carbons (Fsp3) is 0.705. The normalized spacial score (nSPS) is 41.8. The molecule has 0 spiro atoms. The summed E-state index contributed by atoms with van der Waals surface area (Å²) in [4.78, 5) is 13.7. The second-order valence-electron chi connectivity index (χ2n) is 16.2. The molecule has 0 aromatic heterocycles. The molecule has 58 heavy (non-hydrogen) atoms. The van der Waals surface area contributed by atoms with E-state index in [4.69, 9.17) is 33.2 Å². The lowest BCUT2D eigenvalue weighted by Crippen LogP contribution is -2.58. The van der Waals surface area contributed by atoms with E-state index in [0.717, 1.165) is 11.1 Å². The van der Waals surface area contributed by atoms with Crippen molar-refractivity contribution in [2.24, 2.45) is 11.8 Å². The van der Waals surface area contributed by atoms with Crippen molar-refractivity contribution < 1.29 is 68.6 Å². The molecule has 3 aliphatic heterocycles. The minimum absolute atomic E-state index is 0.0552. The molecule has 6 N–H and O–H groups in total. The highest BCUT2D eigenvalue weighted by molar-refractivity contribution is 5.88. The van der Waals surface area contributed by atoms with Crippen LogP contribution in [0.4, 0.5) is 0 Å². The quantitative estimate of drug-likeness (QED) is 0.137. The first-order chi connectivity index (χ1) is 27.2. The Hall–Kier alpha value is -2.57. The molecule has 0 saturated carbocycles. The molecule has 3 aliphatic rings. The van der Waals surface area contributed by atoms with Crippen molar-refractivity contribution in [2.45, 2.75) is 160 Å². The Morgan fingerprint density at radius 1 is 0.897 bits per heavy atom. The van der Waals surface area contributed by atoms with E-state index in [1.165, 1.54) is 21.3 Å². The van der Waals surface area contributed by atoms with Gasteiger partial charge in [0.15, 0.2) is 6.29 Å². The highest BCUT2D eigenvalue weighted by Crippen LogP contribution is 2.38. The fourth-order valence-electron chi connectivity index (χ4n) is 7.80. The topological polar surface area (TPSA) is 203 Å². The summed E-state index contributed by atoms with van der Waals surface area (Å²) in [6, 6.07) is 0. The van der Waals surface area contributed by atoms with Crippen molar-refractivity contribution in [2.75, 3.05) is 27.9 Å². The van der Waals surface area contributed by atoms with Gasteiger partial charge < -0.3 is 63.8 Å². The third kappa shape index (κ3) is 13.5. The smallest absolute Gasteiger partial charge is 0.334 e. The zero-order valence-corrected chi connectivity index (χ0v) is 36.1. The number of ether oxygens (including phenoxy) is 7. The number of aliphatic hydroxyl groups is 6. The van der Waals surface area contributed by atoms with Crippen LogP contribution >= 0.6 is 0 Å². The lowest BCUT2D eigenvalue weighted by atomic mass is 9.85. The number of hydrogen-bond donors (Lipinski definition) is 6. The molecule has 0 radical (unpaired) electrons. The predicted molar refractivity (Wildman–Crippen MR) is 217 cm³/mol. The van der Waals surface area contributed by atoms with Gasteiger partial charge in [0.05, 0.1) is 43.2 Å². The molecule has 14 heteroatoms. The van der Waals surface area contributed by atoms with Gasteiger partial charge in [-0.05, 0) is 66.0 Å². The van der Waals surface area contributed by atoms with Crippen LogP contribution in [0, 0.1) is 11.8 Å². The standard InChI is InChI=1S/C44H70O14/c1-24-13-12-14-33(46)36(53-10)22-37(41(49)44(51)30(7)20-28(5)35(58-44)21-32(45)23-52-9)56-42(50)29(6)19-26(3)17-25(2)18-27(4)34(16-15-24)57-43-39(48)38(47)40(54-11)31(8)55-43/h13,15-20,27-28,31-41,43,45-49,51H,12,14,21-23H2,1-11H3/b16-15+,24-13+,25-18+,26-17+,29-19+/t27-,28-,31?,32-,33+,34-,35-,36+,37+,38+,39+,40+,41-,43+,44-/m1/s1. The highest BCUT2D eigenvalue weighted by atomic mass is 16.7. The molecule has 15 atom stereocenters. The largest absolute Gasteiger partial charge is 0.456 e. The van der Waals surface area contributed by atoms with Crippen molar-refractivity contribution in [3.8, 4) is 0 Å². The molecule has 0 aliphatic carbocycles. The van der Waals surface area contributed by atoms with Gasteiger partial charge >= 0.3 is 5.97 Å². The second-order valence-corrected chi connectivity index (χ2v) is 16.2. The van der Waals surface area contributed by atoms with Crippen LogP contribution in [0.1, 0.15) is 81.1 Å². The monoisotopic (exact) mass is 822 g/mol. The van der Waals surface area contributed by atoms with Gasteiger partial charge in [0.1, 0.15) is 30.5 Å². The van der Waals surface area contributed by atoms with Crippen LogP contribution in [0.25, 0.3) is 0 Å². The third-order valence-corrected chi connectivity index (χ3v) is 11.2. The Morgan fingerprint density at radius 3 is 2.22 bits per heavy atom. The number of methoxy groups -OCH3 is 3. The third-order valence-electron chi connectivity index (χ3n) is 11.2. The maximum atomic E-state index is 13.7. The van der Waals surface area contributed by atoms with E-state index < -0.39 is 85.2 Å². The number of allylic oxidation sites excluding steroid dienone is 7. The summed E-state index contributed by atoms with van der Waals surface area (Å²) in [5.74, 6) is -3.53. The van der Waals surface area contributed by atoms with E-state index in [0.29, 0.717) is 17.6 Å². The van der Waals surface area contributed by atoms with E-state index in [-0.39, 0.29) is 43.3 Å². The lowest BCUT2D eigenvalue weighted by Gasteiger charge is -2.45. The van der Waals surface area contributed by atoms with E-state index in [1.807, 2.05) is 65.0 Å². The predicted octanol–water partition coefficient (Wildman–Crippen LogP) is 3.73. The Balaban J connectivity index is 2.00. The average molecular weight is 823 g/mol. The number of cyclic esters (lactones) is 1. The van der Waals surface area contributed by atoms with Crippen LogP contribution in [0.3, 0.4) is 0 Å². The Bertz CT molecular complexity index is 1520. The Morgan fingerprint density at radius 2 is 1.59 bits per heavy atom. The first kappa shape index (κ1) is 49.8. The molecule has 1 saturated heterocycles. The van der Waals surface area contributed by atoms with E-state index in [1.54, 1.807) is 32.9 Å². The zero-order valence-electron chi connectivity index (χ0n) is 36.1. The molecule has 1 unspecified atom stereocenters. The van der Waals surface area contributed by atoms with Gasteiger partial charge in [0.2, 0.25) is 5.79 Å². The van der Waals surface area contributed by atoms with Gasteiger partial charge in [0, 0.05) is 51.6 Å². The molecule has 0 amide bonds. The molecular formula is C44H70O14. The molecule has 330 valence electrons. The van der Waals surface area contributed by atoms with Crippen molar-refractivity contribution in [3.63, 3.8) is 0 Å². The molecule has 14 nitrogen and oxygen atoms in total. The number of carbonyl (C=O) groups excluding carboxylic acids is 1. The minimum Gasteiger partial charge on any atom is -0.456 e. The SMILES string of the molecule is COC[C@H](O)C[C@H]1O[C@@](O)([C@H](O)[C@@H]2C[C@H](OC)[C@@H](O)CC/C=C(C)/C=C/[C@@H](O[C@@H]3OC(C)[C@H](OC)[C@@H](O)[C@@H]3O)[C@H](C)/C=C(C)/C=C(C)/C=C(\C)C(=O)O2)C(C)=C[C@H]1C. The summed E-state index contributed by atoms with van der Waals surface area (Å²) in [6.07, 6.45) is 1.24. The number of carbonyl (C=O) groups is 1. The van der Waals surface area contributed by atoms with Gasteiger partial charge in [-0.25, -0.2) is 4.79 Å². The lowest BCUT2D eigenvalue weighted by molar-refractivity contribution is -0.305. The fourth-order valence-corrected chi connectivity index (χ4v) is 7.80. The van der Waals surface area contributed by atoms with Crippen molar-refractivity contribution in [1.29, 1.82) is 0 Å². The molecule has 0 bridgehead atoms. The molecule has 3 rings (SSSR count). The summed E-state index contributed by atoms with van der Waals surface area (Å²) in [7, 11) is 4.32. The summed E-state index contributed by atoms with van der Waals surface area (Å²) < 4.78 is 40.5. The van der Waals surface area contributed by atoms with Gasteiger partial charge in [-0.15, -0.1) is 0 Å². The number of hydrogen-bond acceptors (Lipinski definition) is 14. The van der Waals surface area contributed by atoms with Crippen LogP contribution in [-0.2, 0) is 38.0 Å². The number of esters is 1. The first-order valence-corrected chi connectivity index (χ1v) is 20.2. The average Bonchev–Trinajstić information content (AvgIpc) is 3.15. The second kappa shape index (κ2) is 22.9. The van der Waals surface area contributed by atoms with Crippen LogP contribution in [0.15, 0.2) is 70.4 Å². The summed E-state index contributed by atoms with van der Waals surface area (Å²) >= 11 is 0. The van der Waals surface area contributed by atoms with Crippen LogP contribution in [0.5, 0.6) is 0 Å². The van der Waals surface area contributed by atoms with Gasteiger partial charge in [-0.3, -0.25) is 0 Å². The molecule has 3 heterocycles. The van der Waals surface area contributed by atoms with Crippen molar-refractivity contribution in [3.05, 3.63) is 70.4 Å². The summed E-state index contributed by atoms with van der Waals surface area (Å²) in [6.45, 7) is 14.5. The van der Waals surface area contributed by atoms with Gasteiger partial charge in [-0.2, -0.15) is 0 Å². The Kier molecular flexibility index (Phi) is 19.6. The summed E-state index contributed by atoms with van der Waals surface area (Å²) in [5, 5.41) is 67.3. The summed E-state index contributed by atoms with van der Waals surface area (Å²) in [5.41, 5.74) is 2.95. The molecular weight excluding hydrogens is 752 g/mol. The van der Waals surface area contributed by atoms with Crippen LogP contribution < -0.4 is 0 Å². The Labute approximate surface area is 344 Å².